The van der Waals surface area contributed by atoms with Crippen LogP contribution in [0.15, 0.2) is 0 Å². The predicted octanol–water partition coefficient (Wildman–Crippen LogP) is 3.15. The van der Waals surface area contributed by atoms with Gasteiger partial charge in [0.15, 0.2) is 0 Å². The molecule has 0 aliphatic heterocycles. The van der Waals surface area contributed by atoms with Gasteiger partial charge in [-0.25, -0.2) is 4.79 Å². The summed E-state index contributed by atoms with van der Waals surface area (Å²) >= 11 is 0. The van der Waals surface area contributed by atoms with E-state index in [9.17, 15) is 9.59 Å². The molecule has 3 N–H and O–H groups in total. The number of urea groups is 1. The van der Waals surface area contributed by atoms with Gasteiger partial charge in [-0.2, -0.15) is 0 Å². The Balaban J connectivity index is 2.03. The van der Waals surface area contributed by atoms with Crippen LogP contribution in [-0.4, -0.2) is 29.7 Å². The number of carbonyl (C=O) groups is 2. The number of carbonyl (C=O) groups excluding carboxylic acids is 1. The van der Waals surface area contributed by atoms with Crippen LogP contribution < -0.4 is 10.6 Å². The Morgan fingerprint density at radius 3 is 2.48 bits per heavy atom. The first kappa shape index (κ1) is 17.8. The quantitative estimate of drug-likeness (QED) is 0.612. The van der Waals surface area contributed by atoms with Crippen molar-refractivity contribution in [3.63, 3.8) is 0 Å². The number of rotatable bonds is 9. The maximum atomic E-state index is 11.7. The molecule has 1 aliphatic rings. The van der Waals surface area contributed by atoms with Gasteiger partial charge >= 0.3 is 12.0 Å². The number of carboxylic acids is 1. The lowest BCUT2D eigenvalue weighted by molar-refractivity contribution is -0.141. The SMILES string of the molecule is CC(CCCC(C)C(=O)O)NC(=O)NCCC1CCCC1. The molecule has 1 fully saturated rings. The predicted molar refractivity (Wildman–Crippen MR) is 83.2 cm³/mol. The second kappa shape index (κ2) is 9.64. The van der Waals surface area contributed by atoms with Crippen LogP contribution in [0.25, 0.3) is 0 Å². The van der Waals surface area contributed by atoms with Crippen LogP contribution in [0, 0.1) is 11.8 Å². The third kappa shape index (κ3) is 7.93. The summed E-state index contributed by atoms with van der Waals surface area (Å²) in [6.45, 7) is 4.43. The van der Waals surface area contributed by atoms with E-state index in [-0.39, 0.29) is 18.0 Å². The van der Waals surface area contributed by atoms with Gasteiger partial charge in [0.25, 0.3) is 0 Å². The zero-order valence-corrected chi connectivity index (χ0v) is 13.4. The van der Waals surface area contributed by atoms with E-state index >= 15 is 0 Å². The summed E-state index contributed by atoms with van der Waals surface area (Å²) in [7, 11) is 0. The number of carboxylic acid groups (broad SMARTS) is 1. The smallest absolute Gasteiger partial charge is 0.314 e. The minimum atomic E-state index is -0.750. The van der Waals surface area contributed by atoms with Gasteiger partial charge < -0.3 is 15.7 Å². The van der Waals surface area contributed by atoms with E-state index < -0.39 is 5.97 Å². The minimum absolute atomic E-state index is 0.0810. The molecule has 0 heterocycles. The topological polar surface area (TPSA) is 78.4 Å². The highest BCUT2D eigenvalue weighted by atomic mass is 16.4. The first-order valence-electron chi connectivity index (χ1n) is 8.26. The fourth-order valence-corrected chi connectivity index (χ4v) is 2.89. The fourth-order valence-electron chi connectivity index (χ4n) is 2.89. The van der Waals surface area contributed by atoms with E-state index in [1.165, 1.54) is 25.7 Å². The van der Waals surface area contributed by atoms with E-state index in [2.05, 4.69) is 10.6 Å². The van der Waals surface area contributed by atoms with E-state index in [0.29, 0.717) is 6.42 Å². The van der Waals surface area contributed by atoms with Crippen LogP contribution >= 0.6 is 0 Å². The van der Waals surface area contributed by atoms with Gasteiger partial charge in [-0.15, -0.1) is 0 Å². The Kier molecular flexibility index (Phi) is 8.16. The zero-order chi connectivity index (χ0) is 15.7. The van der Waals surface area contributed by atoms with Crippen LogP contribution in [-0.2, 0) is 4.79 Å². The van der Waals surface area contributed by atoms with Crippen molar-refractivity contribution in [1.29, 1.82) is 0 Å². The van der Waals surface area contributed by atoms with Crippen LogP contribution in [0.2, 0.25) is 0 Å². The highest BCUT2D eigenvalue weighted by Crippen LogP contribution is 2.26. The van der Waals surface area contributed by atoms with Crippen molar-refractivity contribution < 1.29 is 14.7 Å². The Morgan fingerprint density at radius 1 is 1.19 bits per heavy atom. The van der Waals surface area contributed by atoms with Gasteiger partial charge in [0, 0.05) is 12.6 Å². The molecular weight excluding hydrogens is 268 g/mol. The third-order valence-electron chi connectivity index (χ3n) is 4.39. The van der Waals surface area contributed by atoms with Crippen molar-refractivity contribution >= 4 is 12.0 Å². The van der Waals surface area contributed by atoms with Gasteiger partial charge in [-0.3, -0.25) is 4.79 Å². The summed E-state index contributed by atoms with van der Waals surface area (Å²) < 4.78 is 0. The van der Waals surface area contributed by atoms with Crippen molar-refractivity contribution in [2.45, 2.75) is 71.3 Å². The average Bonchev–Trinajstić information content (AvgIpc) is 2.91. The van der Waals surface area contributed by atoms with E-state index in [0.717, 1.165) is 31.7 Å². The normalized spacial score (nSPS) is 18.2. The van der Waals surface area contributed by atoms with E-state index in [1.807, 2.05) is 6.92 Å². The summed E-state index contributed by atoms with van der Waals surface area (Å²) in [6.07, 6.45) is 8.65. The molecule has 0 aromatic rings. The minimum Gasteiger partial charge on any atom is -0.481 e. The second-order valence-electron chi connectivity index (χ2n) is 6.41. The molecule has 0 saturated heterocycles. The van der Waals surface area contributed by atoms with Gasteiger partial charge in [0.1, 0.15) is 0 Å². The molecule has 0 radical (unpaired) electrons. The van der Waals surface area contributed by atoms with Gasteiger partial charge in [-0.05, 0) is 32.1 Å². The summed E-state index contributed by atoms with van der Waals surface area (Å²) in [5.74, 6) is -0.266. The van der Waals surface area contributed by atoms with Gasteiger partial charge in [0.05, 0.1) is 5.92 Å². The molecule has 2 unspecified atom stereocenters. The Hall–Kier alpha value is -1.26. The maximum absolute atomic E-state index is 11.7. The van der Waals surface area contributed by atoms with Crippen LogP contribution in [0.4, 0.5) is 4.79 Å². The average molecular weight is 298 g/mol. The van der Waals surface area contributed by atoms with Gasteiger partial charge in [0.2, 0.25) is 0 Å². The second-order valence-corrected chi connectivity index (χ2v) is 6.41. The molecular formula is C16H30N2O3. The first-order chi connectivity index (χ1) is 9.99. The summed E-state index contributed by atoms with van der Waals surface area (Å²) in [5, 5.41) is 14.6. The molecule has 0 aromatic carbocycles. The molecule has 0 aromatic heterocycles. The number of amides is 2. The Bertz CT molecular complexity index is 327. The van der Waals surface area contributed by atoms with E-state index in [1.54, 1.807) is 6.92 Å². The first-order valence-corrected chi connectivity index (χ1v) is 8.26. The largest absolute Gasteiger partial charge is 0.481 e. The molecule has 0 spiro atoms. The lowest BCUT2D eigenvalue weighted by Gasteiger charge is -2.16. The van der Waals surface area contributed by atoms with Crippen molar-refractivity contribution in [3.8, 4) is 0 Å². The number of hydrogen-bond donors (Lipinski definition) is 3. The molecule has 1 rings (SSSR count). The van der Waals surface area contributed by atoms with Crippen LogP contribution in [0.3, 0.4) is 0 Å². The lowest BCUT2D eigenvalue weighted by Crippen LogP contribution is -2.41. The number of hydrogen-bond acceptors (Lipinski definition) is 2. The summed E-state index contributed by atoms with van der Waals surface area (Å²) in [6, 6.07) is -0.0238. The Morgan fingerprint density at radius 2 is 1.86 bits per heavy atom. The van der Waals surface area contributed by atoms with E-state index in [4.69, 9.17) is 5.11 Å². The lowest BCUT2D eigenvalue weighted by atomic mass is 10.0. The highest BCUT2D eigenvalue weighted by molar-refractivity contribution is 5.74. The molecule has 0 bridgehead atoms. The molecule has 1 saturated carbocycles. The summed E-state index contributed by atoms with van der Waals surface area (Å²) in [5.41, 5.74) is 0. The zero-order valence-electron chi connectivity index (χ0n) is 13.4. The number of nitrogens with one attached hydrogen (secondary N) is 2. The maximum Gasteiger partial charge on any atom is 0.314 e. The fraction of sp³-hybridized carbons (Fsp3) is 0.875. The standard InChI is InChI=1S/C16H30N2O3/c1-12(15(19)20)6-5-7-13(2)18-16(21)17-11-10-14-8-3-4-9-14/h12-14H,3-11H2,1-2H3,(H,19,20)(H2,17,18,21). The monoisotopic (exact) mass is 298 g/mol. The third-order valence-corrected chi connectivity index (χ3v) is 4.39. The molecule has 1 aliphatic carbocycles. The number of aliphatic carboxylic acids is 1. The van der Waals surface area contributed by atoms with Crippen molar-refractivity contribution in [1.82, 2.24) is 10.6 Å². The molecule has 5 nitrogen and oxygen atoms in total. The molecule has 5 heteroatoms. The van der Waals surface area contributed by atoms with Crippen molar-refractivity contribution in [2.75, 3.05) is 6.54 Å². The molecule has 2 atom stereocenters. The van der Waals surface area contributed by atoms with Crippen molar-refractivity contribution in [3.05, 3.63) is 0 Å². The van der Waals surface area contributed by atoms with Gasteiger partial charge in [-0.1, -0.05) is 39.0 Å². The molecule has 122 valence electrons. The summed E-state index contributed by atoms with van der Waals surface area (Å²) in [4.78, 5) is 22.4. The van der Waals surface area contributed by atoms with Crippen molar-refractivity contribution in [2.24, 2.45) is 11.8 Å². The highest BCUT2D eigenvalue weighted by Gasteiger charge is 2.15. The molecule has 21 heavy (non-hydrogen) atoms. The van der Waals surface area contributed by atoms with Crippen LogP contribution in [0.1, 0.15) is 65.2 Å². The molecule has 2 amide bonds. The Labute approximate surface area is 127 Å². The van der Waals surface area contributed by atoms with Crippen LogP contribution in [0.5, 0.6) is 0 Å².